The van der Waals surface area contributed by atoms with Crippen LogP contribution in [0.1, 0.15) is 6.92 Å². The normalized spacial score (nSPS) is 26.3. The maximum atomic E-state index is 11.7. The summed E-state index contributed by atoms with van der Waals surface area (Å²) in [5, 5.41) is 0. The van der Waals surface area contributed by atoms with Crippen LogP contribution in [0.15, 0.2) is 0 Å². The van der Waals surface area contributed by atoms with Crippen LogP contribution >= 0.6 is 0 Å². The molecule has 1 amide bonds. The zero-order valence-electron chi connectivity index (χ0n) is 8.94. The molecule has 14 heavy (non-hydrogen) atoms. The van der Waals surface area contributed by atoms with Gasteiger partial charge in [-0.1, -0.05) is 0 Å². The number of amides is 1. The number of hydrogen-bond acceptors (Lipinski definition) is 4. The molecular formula is C9H20N4O. The molecule has 0 radical (unpaired) electrons. The van der Waals surface area contributed by atoms with Crippen molar-refractivity contribution >= 4 is 5.91 Å². The van der Waals surface area contributed by atoms with Crippen LogP contribution in [0.5, 0.6) is 0 Å². The Labute approximate surface area is 85.0 Å². The number of piperazine rings is 1. The standard InChI is InChI=1S/C9H20N4O/c1-7(11)9(14)13-4-3-12(2)6-8(13)5-10/h7-8H,3-6,10-11H2,1-2H3. The molecule has 1 fully saturated rings. The molecule has 0 spiro atoms. The first-order valence-electron chi connectivity index (χ1n) is 5.01. The second-order valence-electron chi connectivity index (χ2n) is 3.97. The fraction of sp³-hybridized carbons (Fsp3) is 0.889. The molecule has 0 aliphatic carbocycles. The van der Waals surface area contributed by atoms with Crippen molar-refractivity contribution in [2.45, 2.75) is 19.0 Å². The summed E-state index contributed by atoms with van der Waals surface area (Å²) in [5.74, 6) is 0.00792. The smallest absolute Gasteiger partial charge is 0.239 e. The maximum absolute atomic E-state index is 11.7. The lowest BCUT2D eigenvalue weighted by molar-refractivity contribution is -0.136. The van der Waals surface area contributed by atoms with Crippen LogP contribution in [0, 0.1) is 0 Å². The van der Waals surface area contributed by atoms with Crippen molar-refractivity contribution in [1.29, 1.82) is 0 Å². The number of nitrogens with zero attached hydrogens (tertiary/aromatic N) is 2. The van der Waals surface area contributed by atoms with Gasteiger partial charge < -0.3 is 21.3 Å². The molecule has 4 N–H and O–H groups in total. The highest BCUT2D eigenvalue weighted by Crippen LogP contribution is 2.08. The van der Waals surface area contributed by atoms with E-state index in [2.05, 4.69) is 4.90 Å². The SMILES string of the molecule is CC(N)C(=O)N1CCN(C)CC1CN. The van der Waals surface area contributed by atoms with Gasteiger partial charge in [-0.2, -0.15) is 0 Å². The van der Waals surface area contributed by atoms with Crippen molar-refractivity contribution in [3.05, 3.63) is 0 Å². The van der Waals surface area contributed by atoms with Crippen molar-refractivity contribution in [3.8, 4) is 0 Å². The van der Waals surface area contributed by atoms with E-state index >= 15 is 0 Å². The lowest BCUT2D eigenvalue weighted by Crippen LogP contribution is -2.59. The fourth-order valence-electron chi connectivity index (χ4n) is 1.76. The molecule has 0 saturated carbocycles. The van der Waals surface area contributed by atoms with Crippen LogP contribution in [0.2, 0.25) is 0 Å². The molecule has 1 aliphatic rings. The molecule has 2 unspecified atom stereocenters. The highest BCUT2D eigenvalue weighted by Gasteiger charge is 2.29. The minimum absolute atomic E-state index is 0.00792. The summed E-state index contributed by atoms with van der Waals surface area (Å²) in [7, 11) is 2.04. The van der Waals surface area contributed by atoms with Crippen molar-refractivity contribution in [3.63, 3.8) is 0 Å². The number of hydrogen-bond donors (Lipinski definition) is 2. The van der Waals surface area contributed by atoms with E-state index in [-0.39, 0.29) is 11.9 Å². The summed E-state index contributed by atoms with van der Waals surface area (Å²) in [6.07, 6.45) is 0. The van der Waals surface area contributed by atoms with Crippen molar-refractivity contribution in [2.24, 2.45) is 11.5 Å². The molecule has 1 aliphatic heterocycles. The van der Waals surface area contributed by atoms with Gasteiger partial charge in [0.25, 0.3) is 0 Å². The lowest BCUT2D eigenvalue weighted by Gasteiger charge is -2.40. The van der Waals surface area contributed by atoms with E-state index < -0.39 is 6.04 Å². The largest absolute Gasteiger partial charge is 0.335 e. The Kier molecular flexibility index (Phi) is 3.86. The summed E-state index contributed by atoms with van der Waals surface area (Å²) < 4.78 is 0. The van der Waals surface area contributed by atoms with Crippen molar-refractivity contribution in [1.82, 2.24) is 9.80 Å². The highest BCUT2D eigenvalue weighted by atomic mass is 16.2. The second kappa shape index (κ2) is 4.72. The summed E-state index contributed by atoms with van der Waals surface area (Å²) in [6.45, 7) is 4.69. The number of nitrogens with two attached hydrogens (primary N) is 2. The van der Waals surface area contributed by atoms with E-state index in [4.69, 9.17) is 11.5 Å². The summed E-state index contributed by atoms with van der Waals surface area (Å²) in [4.78, 5) is 15.7. The van der Waals surface area contributed by atoms with Gasteiger partial charge in [0.1, 0.15) is 0 Å². The second-order valence-corrected chi connectivity index (χ2v) is 3.97. The zero-order chi connectivity index (χ0) is 10.7. The predicted molar refractivity (Wildman–Crippen MR) is 55.7 cm³/mol. The highest BCUT2D eigenvalue weighted by molar-refractivity contribution is 5.81. The molecule has 2 atom stereocenters. The van der Waals surface area contributed by atoms with E-state index in [9.17, 15) is 4.79 Å². The van der Waals surface area contributed by atoms with Gasteiger partial charge in [0.05, 0.1) is 12.1 Å². The van der Waals surface area contributed by atoms with E-state index in [0.29, 0.717) is 6.54 Å². The minimum atomic E-state index is -0.424. The quantitative estimate of drug-likeness (QED) is 0.565. The molecule has 0 aromatic rings. The number of likely N-dealkylation sites (N-methyl/N-ethyl adjacent to an activating group) is 1. The monoisotopic (exact) mass is 200 g/mol. The van der Waals surface area contributed by atoms with Crippen LogP contribution < -0.4 is 11.5 Å². The van der Waals surface area contributed by atoms with Gasteiger partial charge in [0, 0.05) is 26.2 Å². The van der Waals surface area contributed by atoms with Crippen LogP contribution in [-0.4, -0.2) is 61.0 Å². The van der Waals surface area contributed by atoms with E-state index in [1.54, 1.807) is 6.92 Å². The Balaban J connectivity index is 2.63. The van der Waals surface area contributed by atoms with E-state index in [1.165, 1.54) is 0 Å². The van der Waals surface area contributed by atoms with E-state index in [1.807, 2.05) is 11.9 Å². The molecule has 5 heteroatoms. The number of carbonyl (C=O) groups excluding carboxylic acids is 1. The Bertz CT molecular complexity index is 207. The van der Waals surface area contributed by atoms with Crippen molar-refractivity contribution in [2.75, 3.05) is 33.2 Å². The first-order valence-corrected chi connectivity index (χ1v) is 5.01. The van der Waals surface area contributed by atoms with Gasteiger partial charge in [0.15, 0.2) is 0 Å². The molecular weight excluding hydrogens is 180 g/mol. The van der Waals surface area contributed by atoms with Crippen LogP contribution in [0.3, 0.4) is 0 Å². The maximum Gasteiger partial charge on any atom is 0.239 e. The van der Waals surface area contributed by atoms with Gasteiger partial charge in [0.2, 0.25) is 5.91 Å². The molecule has 0 aromatic carbocycles. The molecule has 0 aromatic heterocycles. The van der Waals surface area contributed by atoms with Gasteiger partial charge in [-0.15, -0.1) is 0 Å². The van der Waals surface area contributed by atoms with Crippen molar-refractivity contribution < 1.29 is 4.79 Å². The molecule has 0 bridgehead atoms. The third-order valence-corrected chi connectivity index (χ3v) is 2.63. The van der Waals surface area contributed by atoms with Crippen LogP contribution in [-0.2, 0) is 4.79 Å². The number of carbonyl (C=O) groups is 1. The first kappa shape index (κ1) is 11.4. The fourth-order valence-corrected chi connectivity index (χ4v) is 1.76. The minimum Gasteiger partial charge on any atom is -0.335 e. The number of rotatable bonds is 2. The molecule has 1 rings (SSSR count). The third-order valence-electron chi connectivity index (χ3n) is 2.63. The predicted octanol–water partition coefficient (Wildman–Crippen LogP) is -1.57. The van der Waals surface area contributed by atoms with E-state index in [0.717, 1.165) is 19.6 Å². The topological polar surface area (TPSA) is 75.6 Å². The van der Waals surface area contributed by atoms with Crippen LogP contribution in [0.4, 0.5) is 0 Å². The average molecular weight is 200 g/mol. The molecule has 5 nitrogen and oxygen atoms in total. The molecule has 1 saturated heterocycles. The Morgan fingerprint density at radius 2 is 2.21 bits per heavy atom. The third kappa shape index (κ3) is 2.43. The Hall–Kier alpha value is -0.650. The molecule has 82 valence electrons. The van der Waals surface area contributed by atoms with Gasteiger partial charge in [-0.25, -0.2) is 0 Å². The Morgan fingerprint density at radius 3 is 2.71 bits per heavy atom. The summed E-state index contributed by atoms with van der Waals surface area (Å²) in [6, 6.07) is -0.306. The zero-order valence-corrected chi connectivity index (χ0v) is 8.94. The van der Waals surface area contributed by atoms with Gasteiger partial charge in [-0.05, 0) is 14.0 Å². The average Bonchev–Trinajstić information content (AvgIpc) is 2.16. The van der Waals surface area contributed by atoms with Crippen LogP contribution in [0.25, 0.3) is 0 Å². The summed E-state index contributed by atoms with van der Waals surface area (Å²) in [5.41, 5.74) is 11.2. The van der Waals surface area contributed by atoms with Gasteiger partial charge in [-0.3, -0.25) is 4.79 Å². The lowest BCUT2D eigenvalue weighted by atomic mass is 10.1. The Morgan fingerprint density at radius 1 is 1.57 bits per heavy atom. The molecule has 1 heterocycles. The van der Waals surface area contributed by atoms with Gasteiger partial charge >= 0.3 is 0 Å². The first-order chi connectivity index (χ1) is 6.56. The summed E-state index contributed by atoms with van der Waals surface area (Å²) >= 11 is 0.